The van der Waals surface area contributed by atoms with Crippen LogP contribution in [0.1, 0.15) is 61.9 Å². The number of benzene rings is 1. The summed E-state index contributed by atoms with van der Waals surface area (Å²) in [6.45, 7) is 6.09. The molecule has 3 nitrogen and oxygen atoms in total. The molecule has 1 aliphatic carbocycles. The van der Waals surface area contributed by atoms with Crippen LogP contribution in [0.5, 0.6) is 0 Å². The Morgan fingerprint density at radius 1 is 1.00 bits per heavy atom. The lowest BCUT2D eigenvalue weighted by Gasteiger charge is -2.20. The van der Waals surface area contributed by atoms with Gasteiger partial charge in [0.25, 0.3) is 5.56 Å². The van der Waals surface area contributed by atoms with E-state index in [4.69, 9.17) is 0 Å². The van der Waals surface area contributed by atoms with Gasteiger partial charge in [0.05, 0.1) is 11.1 Å². The zero-order valence-electron chi connectivity index (χ0n) is 16.7. The smallest absolute Gasteiger partial charge is 0.268 e. The van der Waals surface area contributed by atoms with E-state index in [2.05, 4.69) is 4.98 Å². The second-order valence-electron chi connectivity index (χ2n) is 8.62. The van der Waals surface area contributed by atoms with E-state index in [0.717, 1.165) is 52.7 Å². The molecule has 0 amide bonds. The van der Waals surface area contributed by atoms with Gasteiger partial charge >= 0.3 is 6.18 Å². The minimum absolute atomic E-state index is 0.136. The molecule has 0 radical (unpaired) electrons. The lowest BCUT2D eigenvalue weighted by Crippen LogP contribution is -2.29. The molecule has 0 spiro atoms. The third kappa shape index (κ3) is 3.61. The zero-order chi connectivity index (χ0) is 21.0. The van der Waals surface area contributed by atoms with Crippen molar-refractivity contribution >= 4 is 21.6 Å². The topological polar surface area (TPSA) is 34.9 Å². The average molecular weight is 421 g/mol. The standard InChI is InChI=1S/C22H23F3N2OS/c1-21(2,3)13-9-11-14(12-10-13)27-19(28)17-15-7-5-4-6-8-16(15)29-18(17)26-20(27)22(23,24)25/h9-12H,4-8H2,1-3H3. The highest BCUT2D eigenvalue weighted by Crippen LogP contribution is 2.36. The molecule has 0 fully saturated rings. The van der Waals surface area contributed by atoms with E-state index < -0.39 is 17.6 Å². The van der Waals surface area contributed by atoms with Crippen molar-refractivity contribution in [2.45, 2.75) is 64.5 Å². The van der Waals surface area contributed by atoms with Crippen LogP contribution in [0.3, 0.4) is 0 Å². The molecule has 7 heteroatoms. The second kappa shape index (κ2) is 6.97. The lowest BCUT2D eigenvalue weighted by molar-refractivity contribution is -0.146. The normalized spacial score (nSPS) is 15.4. The van der Waals surface area contributed by atoms with Gasteiger partial charge in [0, 0.05) is 4.88 Å². The molecule has 0 bridgehead atoms. The number of aryl methyl sites for hydroxylation is 2. The quantitative estimate of drug-likeness (QED) is 0.451. The minimum Gasteiger partial charge on any atom is -0.268 e. The van der Waals surface area contributed by atoms with Crippen molar-refractivity contribution in [3.05, 3.63) is 56.4 Å². The maximum Gasteiger partial charge on any atom is 0.450 e. The minimum atomic E-state index is -4.72. The number of hydrogen-bond acceptors (Lipinski definition) is 3. The van der Waals surface area contributed by atoms with Crippen molar-refractivity contribution in [2.75, 3.05) is 0 Å². The molecule has 2 heterocycles. The Kier molecular flexibility index (Phi) is 4.84. The Hall–Kier alpha value is -2.15. The Bertz CT molecular complexity index is 1120. The van der Waals surface area contributed by atoms with Crippen LogP contribution in [-0.2, 0) is 24.4 Å². The molecular formula is C22H23F3N2OS. The summed E-state index contributed by atoms with van der Waals surface area (Å²) in [6, 6.07) is 6.71. The zero-order valence-corrected chi connectivity index (χ0v) is 17.5. The van der Waals surface area contributed by atoms with Crippen molar-refractivity contribution in [2.24, 2.45) is 0 Å². The maximum absolute atomic E-state index is 13.8. The molecule has 29 heavy (non-hydrogen) atoms. The number of nitrogens with zero attached hydrogens (tertiary/aromatic N) is 2. The van der Waals surface area contributed by atoms with Crippen molar-refractivity contribution < 1.29 is 13.2 Å². The second-order valence-corrected chi connectivity index (χ2v) is 9.70. The average Bonchev–Trinajstić information content (AvgIpc) is 2.82. The summed E-state index contributed by atoms with van der Waals surface area (Å²) in [4.78, 5) is 18.5. The third-order valence-corrected chi connectivity index (χ3v) is 6.67. The highest BCUT2D eigenvalue weighted by Gasteiger charge is 2.38. The van der Waals surface area contributed by atoms with Crippen molar-refractivity contribution in [1.29, 1.82) is 0 Å². The van der Waals surface area contributed by atoms with Gasteiger partial charge in [0.1, 0.15) is 4.83 Å². The number of aromatic nitrogens is 2. The van der Waals surface area contributed by atoms with E-state index in [1.165, 1.54) is 11.3 Å². The van der Waals surface area contributed by atoms with Gasteiger partial charge in [-0.2, -0.15) is 13.2 Å². The maximum atomic E-state index is 13.8. The van der Waals surface area contributed by atoms with Crippen LogP contribution in [0.25, 0.3) is 15.9 Å². The van der Waals surface area contributed by atoms with Crippen molar-refractivity contribution in [1.82, 2.24) is 9.55 Å². The molecule has 4 rings (SSSR count). The number of hydrogen-bond donors (Lipinski definition) is 0. The molecule has 0 aliphatic heterocycles. The Morgan fingerprint density at radius 3 is 2.28 bits per heavy atom. The molecule has 3 aromatic rings. The molecule has 1 aromatic carbocycles. The van der Waals surface area contributed by atoms with Crippen molar-refractivity contribution in [3.63, 3.8) is 0 Å². The fourth-order valence-electron chi connectivity index (χ4n) is 3.92. The largest absolute Gasteiger partial charge is 0.450 e. The van der Waals surface area contributed by atoms with Crippen LogP contribution in [-0.4, -0.2) is 9.55 Å². The highest BCUT2D eigenvalue weighted by molar-refractivity contribution is 7.18. The van der Waals surface area contributed by atoms with Gasteiger partial charge in [-0.15, -0.1) is 11.3 Å². The first-order chi connectivity index (χ1) is 13.6. The number of thiophene rings is 1. The molecule has 0 saturated heterocycles. The van der Waals surface area contributed by atoms with E-state index in [9.17, 15) is 18.0 Å². The first-order valence-electron chi connectivity index (χ1n) is 9.83. The van der Waals surface area contributed by atoms with Crippen LogP contribution >= 0.6 is 11.3 Å². The first-order valence-corrected chi connectivity index (χ1v) is 10.6. The van der Waals surface area contributed by atoms with Crippen LogP contribution in [0, 0.1) is 0 Å². The molecule has 2 aromatic heterocycles. The van der Waals surface area contributed by atoms with Crippen molar-refractivity contribution in [3.8, 4) is 5.69 Å². The van der Waals surface area contributed by atoms with Crippen LogP contribution in [0.2, 0.25) is 0 Å². The van der Waals surface area contributed by atoms with Crippen LogP contribution in [0.4, 0.5) is 13.2 Å². The van der Waals surface area contributed by atoms with Gasteiger partial charge in [-0.3, -0.25) is 9.36 Å². The third-order valence-electron chi connectivity index (χ3n) is 5.48. The SMILES string of the molecule is CC(C)(C)c1ccc(-n2c(C(F)(F)F)nc3sc4c(c3c2=O)CCCCC4)cc1. The molecule has 0 atom stereocenters. The number of alkyl halides is 3. The van der Waals surface area contributed by atoms with Gasteiger partial charge in [-0.25, -0.2) is 4.98 Å². The number of fused-ring (bicyclic) bond motifs is 3. The summed E-state index contributed by atoms with van der Waals surface area (Å²) >= 11 is 1.24. The summed E-state index contributed by atoms with van der Waals surface area (Å²) in [5.41, 5.74) is 1.32. The summed E-state index contributed by atoms with van der Waals surface area (Å²) in [5.74, 6) is -1.16. The molecular weight excluding hydrogens is 397 g/mol. The predicted octanol–water partition coefficient (Wildman–Crippen LogP) is 6.03. The molecule has 0 saturated carbocycles. The predicted molar refractivity (Wildman–Crippen MR) is 110 cm³/mol. The molecule has 1 aliphatic rings. The van der Waals surface area contributed by atoms with E-state index >= 15 is 0 Å². The van der Waals surface area contributed by atoms with E-state index in [0.29, 0.717) is 5.39 Å². The fourth-order valence-corrected chi connectivity index (χ4v) is 5.17. The van der Waals surface area contributed by atoms with Gasteiger partial charge < -0.3 is 0 Å². The molecule has 0 unspecified atom stereocenters. The van der Waals surface area contributed by atoms with Gasteiger partial charge in [-0.1, -0.05) is 39.3 Å². The van der Waals surface area contributed by atoms with Gasteiger partial charge in [0.2, 0.25) is 5.82 Å². The van der Waals surface area contributed by atoms with E-state index in [-0.39, 0.29) is 15.9 Å². The van der Waals surface area contributed by atoms with Gasteiger partial charge in [0.15, 0.2) is 0 Å². The lowest BCUT2D eigenvalue weighted by atomic mass is 9.87. The highest BCUT2D eigenvalue weighted by atomic mass is 32.1. The van der Waals surface area contributed by atoms with E-state index in [1.807, 2.05) is 20.8 Å². The Balaban J connectivity index is 2.00. The summed E-state index contributed by atoms with van der Waals surface area (Å²) < 4.78 is 42.3. The number of halogens is 3. The summed E-state index contributed by atoms with van der Waals surface area (Å²) in [6.07, 6.45) is -0.192. The monoisotopic (exact) mass is 420 g/mol. The molecule has 154 valence electrons. The summed E-state index contributed by atoms with van der Waals surface area (Å²) in [5, 5.41) is 0.361. The Morgan fingerprint density at radius 2 is 1.66 bits per heavy atom. The fraction of sp³-hybridized carbons (Fsp3) is 0.455. The van der Waals surface area contributed by atoms with Crippen LogP contribution in [0.15, 0.2) is 29.1 Å². The van der Waals surface area contributed by atoms with Crippen LogP contribution < -0.4 is 5.56 Å². The number of rotatable bonds is 1. The van der Waals surface area contributed by atoms with E-state index in [1.54, 1.807) is 24.3 Å². The first kappa shape index (κ1) is 20.1. The Labute approximate surface area is 171 Å². The van der Waals surface area contributed by atoms with Gasteiger partial charge in [-0.05, 0) is 54.4 Å². The molecule has 0 N–H and O–H groups in total. The summed E-state index contributed by atoms with van der Waals surface area (Å²) in [7, 11) is 0.